The van der Waals surface area contributed by atoms with Gasteiger partial charge in [-0.25, -0.2) is 9.97 Å². The van der Waals surface area contributed by atoms with Gasteiger partial charge in [0.1, 0.15) is 22.4 Å². The highest BCUT2D eigenvalue weighted by Crippen LogP contribution is 2.36. The maximum atomic E-state index is 4.45. The molecule has 1 fully saturated rings. The fourth-order valence-electron chi connectivity index (χ4n) is 1.98. The number of nitrogens with zero attached hydrogens (tertiary/aromatic N) is 3. The first-order chi connectivity index (χ1) is 8.63. The van der Waals surface area contributed by atoms with Crippen LogP contribution >= 0.6 is 15.9 Å². The van der Waals surface area contributed by atoms with Crippen LogP contribution in [-0.4, -0.2) is 29.6 Å². The second kappa shape index (κ2) is 5.87. The van der Waals surface area contributed by atoms with Crippen LogP contribution in [0.5, 0.6) is 0 Å². The molecule has 1 aliphatic rings. The van der Waals surface area contributed by atoms with E-state index in [0.717, 1.165) is 28.6 Å². The number of anilines is 2. The predicted octanol–water partition coefficient (Wildman–Crippen LogP) is 3.30. The third-order valence-electron chi connectivity index (χ3n) is 3.21. The fourth-order valence-corrected chi connectivity index (χ4v) is 2.61. The number of nitrogens with one attached hydrogen (secondary N) is 1. The van der Waals surface area contributed by atoms with Crippen LogP contribution in [0.3, 0.4) is 0 Å². The van der Waals surface area contributed by atoms with Crippen LogP contribution in [0.1, 0.15) is 33.1 Å². The lowest BCUT2D eigenvalue weighted by molar-refractivity contribution is 0.568. The van der Waals surface area contributed by atoms with Crippen molar-refractivity contribution in [3.63, 3.8) is 0 Å². The minimum atomic E-state index is 0.666. The van der Waals surface area contributed by atoms with E-state index in [4.69, 9.17) is 0 Å². The van der Waals surface area contributed by atoms with Crippen molar-refractivity contribution in [3.8, 4) is 0 Å². The van der Waals surface area contributed by atoms with E-state index < -0.39 is 0 Å². The number of halogens is 1. The van der Waals surface area contributed by atoms with Crippen molar-refractivity contribution in [1.29, 1.82) is 0 Å². The van der Waals surface area contributed by atoms with E-state index in [1.165, 1.54) is 19.3 Å². The van der Waals surface area contributed by atoms with Crippen molar-refractivity contribution < 1.29 is 0 Å². The molecule has 1 heterocycles. The van der Waals surface area contributed by atoms with Crippen molar-refractivity contribution in [2.75, 3.05) is 23.8 Å². The van der Waals surface area contributed by atoms with Crippen molar-refractivity contribution in [3.05, 3.63) is 10.8 Å². The second-order valence-corrected chi connectivity index (χ2v) is 6.01. The molecule has 1 saturated carbocycles. The molecular weight excluding hydrogens is 292 g/mol. The number of rotatable bonds is 6. The molecule has 1 aromatic heterocycles. The highest BCUT2D eigenvalue weighted by atomic mass is 79.9. The average molecular weight is 313 g/mol. The molecule has 0 saturated heterocycles. The topological polar surface area (TPSA) is 41.1 Å². The van der Waals surface area contributed by atoms with Gasteiger partial charge in [-0.1, -0.05) is 13.8 Å². The molecule has 4 nitrogen and oxygen atoms in total. The SMILES string of the molecule is CNc1ncnc(N(CCC(C)C)C2CC2)c1Br. The molecule has 0 spiro atoms. The summed E-state index contributed by atoms with van der Waals surface area (Å²) in [5.41, 5.74) is 0. The van der Waals surface area contributed by atoms with Crippen molar-refractivity contribution in [2.24, 2.45) is 5.92 Å². The Labute approximate surface area is 117 Å². The summed E-state index contributed by atoms with van der Waals surface area (Å²) in [4.78, 5) is 11.1. The van der Waals surface area contributed by atoms with Crippen LogP contribution in [0.25, 0.3) is 0 Å². The van der Waals surface area contributed by atoms with Crippen LogP contribution in [-0.2, 0) is 0 Å². The molecule has 0 radical (unpaired) electrons. The number of aromatic nitrogens is 2. The average Bonchev–Trinajstić information content (AvgIpc) is 3.15. The second-order valence-electron chi connectivity index (χ2n) is 5.22. The zero-order chi connectivity index (χ0) is 13.1. The molecular formula is C13H21BrN4. The van der Waals surface area contributed by atoms with Gasteiger partial charge in [0.15, 0.2) is 0 Å². The van der Waals surface area contributed by atoms with Crippen LogP contribution < -0.4 is 10.2 Å². The van der Waals surface area contributed by atoms with Gasteiger partial charge >= 0.3 is 0 Å². The minimum Gasteiger partial charge on any atom is -0.372 e. The molecule has 0 amide bonds. The predicted molar refractivity (Wildman–Crippen MR) is 79.1 cm³/mol. The maximum Gasteiger partial charge on any atom is 0.148 e. The zero-order valence-corrected chi connectivity index (χ0v) is 12.9. The van der Waals surface area contributed by atoms with Crippen LogP contribution in [0, 0.1) is 5.92 Å². The van der Waals surface area contributed by atoms with Crippen molar-refractivity contribution in [2.45, 2.75) is 39.2 Å². The first-order valence-corrected chi connectivity index (χ1v) is 7.37. The van der Waals surface area contributed by atoms with Crippen molar-refractivity contribution >= 4 is 27.6 Å². The monoisotopic (exact) mass is 312 g/mol. The van der Waals surface area contributed by atoms with E-state index >= 15 is 0 Å². The Hall–Kier alpha value is -0.840. The summed E-state index contributed by atoms with van der Waals surface area (Å²) < 4.78 is 0.975. The lowest BCUT2D eigenvalue weighted by Gasteiger charge is -2.25. The number of hydrogen-bond donors (Lipinski definition) is 1. The smallest absolute Gasteiger partial charge is 0.148 e. The molecule has 0 aromatic carbocycles. The normalized spacial score (nSPS) is 14.9. The Morgan fingerprint density at radius 2 is 2.17 bits per heavy atom. The van der Waals surface area contributed by atoms with E-state index in [1.54, 1.807) is 6.33 Å². The summed E-state index contributed by atoms with van der Waals surface area (Å²) in [6.07, 6.45) is 5.39. The van der Waals surface area contributed by atoms with Crippen LogP contribution in [0.15, 0.2) is 10.8 Å². The Kier molecular flexibility index (Phi) is 4.43. The molecule has 1 aromatic rings. The summed E-state index contributed by atoms with van der Waals surface area (Å²) in [6.45, 7) is 5.60. The van der Waals surface area contributed by atoms with Gasteiger partial charge in [-0.05, 0) is 41.1 Å². The van der Waals surface area contributed by atoms with Gasteiger partial charge in [0, 0.05) is 19.6 Å². The largest absolute Gasteiger partial charge is 0.372 e. The molecule has 0 aliphatic heterocycles. The van der Waals surface area contributed by atoms with Gasteiger partial charge in [0.2, 0.25) is 0 Å². The van der Waals surface area contributed by atoms with Gasteiger partial charge in [-0.3, -0.25) is 0 Å². The Morgan fingerprint density at radius 1 is 1.44 bits per heavy atom. The van der Waals surface area contributed by atoms with Crippen LogP contribution in [0.2, 0.25) is 0 Å². The van der Waals surface area contributed by atoms with Gasteiger partial charge in [0.05, 0.1) is 0 Å². The van der Waals surface area contributed by atoms with Gasteiger partial charge in [-0.2, -0.15) is 0 Å². The molecule has 100 valence electrons. The molecule has 0 atom stereocenters. The van der Waals surface area contributed by atoms with E-state index in [-0.39, 0.29) is 0 Å². The first-order valence-electron chi connectivity index (χ1n) is 6.58. The van der Waals surface area contributed by atoms with Gasteiger partial charge < -0.3 is 10.2 Å². The molecule has 18 heavy (non-hydrogen) atoms. The molecule has 0 bridgehead atoms. The third kappa shape index (κ3) is 3.13. The summed E-state index contributed by atoms with van der Waals surface area (Å²) >= 11 is 3.62. The molecule has 0 unspecified atom stereocenters. The van der Waals surface area contributed by atoms with Gasteiger partial charge in [0.25, 0.3) is 0 Å². The molecule has 2 rings (SSSR count). The van der Waals surface area contributed by atoms with Gasteiger partial charge in [-0.15, -0.1) is 0 Å². The summed E-state index contributed by atoms with van der Waals surface area (Å²) in [5.74, 6) is 2.60. The summed E-state index contributed by atoms with van der Waals surface area (Å²) in [6, 6.07) is 0.666. The van der Waals surface area contributed by atoms with Crippen LogP contribution in [0.4, 0.5) is 11.6 Å². The summed E-state index contributed by atoms with van der Waals surface area (Å²) in [7, 11) is 1.88. The molecule has 1 aliphatic carbocycles. The zero-order valence-electron chi connectivity index (χ0n) is 11.3. The van der Waals surface area contributed by atoms with E-state index in [1.807, 2.05) is 7.05 Å². The lowest BCUT2D eigenvalue weighted by atomic mass is 10.1. The lowest BCUT2D eigenvalue weighted by Crippen LogP contribution is -2.29. The first kappa shape index (κ1) is 13.6. The van der Waals surface area contributed by atoms with E-state index in [0.29, 0.717) is 6.04 Å². The van der Waals surface area contributed by atoms with E-state index in [2.05, 4.69) is 50.0 Å². The minimum absolute atomic E-state index is 0.666. The standard InChI is InChI=1S/C13H21BrN4/c1-9(2)6-7-18(10-4-5-10)13-11(14)12(15-3)16-8-17-13/h8-10H,4-7H2,1-3H3,(H,15,16,17). The number of hydrogen-bond acceptors (Lipinski definition) is 4. The molecule has 5 heteroatoms. The Morgan fingerprint density at radius 3 is 2.72 bits per heavy atom. The van der Waals surface area contributed by atoms with E-state index in [9.17, 15) is 0 Å². The highest BCUT2D eigenvalue weighted by molar-refractivity contribution is 9.10. The highest BCUT2D eigenvalue weighted by Gasteiger charge is 2.31. The summed E-state index contributed by atoms with van der Waals surface area (Å²) in [5, 5.41) is 3.09. The Bertz CT molecular complexity index is 404. The quantitative estimate of drug-likeness (QED) is 0.875. The third-order valence-corrected chi connectivity index (χ3v) is 3.95. The van der Waals surface area contributed by atoms with Crippen molar-refractivity contribution in [1.82, 2.24) is 9.97 Å². The Balaban J connectivity index is 2.19. The fraction of sp³-hybridized carbons (Fsp3) is 0.692. The molecule has 1 N–H and O–H groups in total. The maximum absolute atomic E-state index is 4.45.